The van der Waals surface area contributed by atoms with E-state index in [9.17, 15) is 9.59 Å². The van der Waals surface area contributed by atoms with Crippen LogP contribution in [0.2, 0.25) is 5.02 Å². The van der Waals surface area contributed by atoms with Gasteiger partial charge in [0.15, 0.2) is 0 Å². The fraction of sp³-hybridized carbons (Fsp3) is 0.444. The summed E-state index contributed by atoms with van der Waals surface area (Å²) in [6.07, 6.45) is 2.99. The molecule has 3 atom stereocenters. The number of allylic oxidation sites excluding steroid dienone is 1. The van der Waals surface area contributed by atoms with Crippen molar-refractivity contribution in [3.05, 3.63) is 46.1 Å². The molecular formula is C18H21ClN2O3. The molecular weight excluding hydrogens is 328 g/mol. The molecule has 1 aromatic carbocycles. The van der Waals surface area contributed by atoms with Crippen LogP contribution in [0.1, 0.15) is 44.7 Å². The van der Waals surface area contributed by atoms with Crippen molar-refractivity contribution in [2.45, 2.75) is 45.3 Å². The third-order valence-corrected chi connectivity index (χ3v) is 4.99. The second-order valence-electron chi connectivity index (χ2n) is 6.47. The highest BCUT2D eigenvalue weighted by Gasteiger charge is 2.35. The average molecular weight is 349 g/mol. The van der Waals surface area contributed by atoms with E-state index in [0.717, 1.165) is 24.8 Å². The van der Waals surface area contributed by atoms with Gasteiger partial charge in [0, 0.05) is 10.7 Å². The van der Waals surface area contributed by atoms with Gasteiger partial charge in [0.1, 0.15) is 6.10 Å². The lowest BCUT2D eigenvalue weighted by atomic mass is 9.95. The molecule has 1 aliphatic carbocycles. The zero-order valence-electron chi connectivity index (χ0n) is 13.8. The summed E-state index contributed by atoms with van der Waals surface area (Å²) in [4.78, 5) is 24.6. The molecule has 0 spiro atoms. The van der Waals surface area contributed by atoms with E-state index in [4.69, 9.17) is 16.3 Å². The largest absolute Gasteiger partial charge is 0.459 e. The summed E-state index contributed by atoms with van der Waals surface area (Å²) >= 11 is 5.93. The third-order valence-electron chi connectivity index (χ3n) is 4.73. The van der Waals surface area contributed by atoms with Gasteiger partial charge in [0.25, 0.3) is 0 Å². The maximum absolute atomic E-state index is 12.8. The number of nitrogens with one attached hydrogen (secondary N) is 2. The van der Waals surface area contributed by atoms with Crippen LogP contribution in [0.5, 0.6) is 0 Å². The van der Waals surface area contributed by atoms with E-state index in [1.807, 2.05) is 0 Å². The number of carbonyl (C=O) groups excluding carboxylic acids is 2. The van der Waals surface area contributed by atoms with Crippen molar-refractivity contribution in [3.8, 4) is 0 Å². The molecule has 2 amide bonds. The van der Waals surface area contributed by atoms with E-state index in [1.165, 1.54) is 0 Å². The monoisotopic (exact) mass is 348 g/mol. The highest BCUT2D eigenvalue weighted by molar-refractivity contribution is 6.30. The number of rotatable bonds is 3. The number of benzene rings is 1. The molecule has 1 aliphatic heterocycles. The number of hydrogen-bond donors (Lipinski definition) is 2. The molecule has 0 unspecified atom stereocenters. The molecule has 0 radical (unpaired) electrons. The molecule has 1 heterocycles. The molecule has 3 rings (SSSR count). The van der Waals surface area contributed by atoms with Crippen LogP contribution in [0.4, 0.5) is 4.79 Å². The minimum absolute atomic E-state index is 0.0544. The Kier molecular flexibility index (Phi) is 4.81. The number of amides is 2. The first kappa shape index (κ1) is 16.8. The average Bonchev–Trinajstić information content (AvgIpc) is 2.92. The highest BCUT2D eigenvalue weighted by atomic mass is 35.5. The van der Waals surface area contributed by atoms with Crippen molar-refractivity contribution < 1.29 is 14.3 Å². The predicted octanol–water partition coefficient (Wildman–Crippen LogP) is 3.70. The molecule has 1 aromatic rings. The Balaban J connectivity index is 1.88. The molecule has 24 heavy (non-hydrogen) atoms. The first-order chi connectivity index (χ1) is 11.5. The number of urea groups is 1. The van der Waals surface area contributed by atoms with Crippen molar-refractivity contribution in [2.24, 2.45) is 5.92 Å². The summed E-state index contributed by atoms with van der Waals surface area (Å²) in [6.45, 7) is 3.82. The maximum atomic E-state index is 12.8. The van der Waals surface area contributed by atoms with Gasteiger partial charge in [-0.05, 0) is 49.8 Å². The second kappa shape index (κ2) is 6.85. The lowest BCUT2D eigenvalue weighted by Gasteiger charge is -2.29. The molecule has 0 aromatic heterocycles. The molecule has 5 nitrogen and oxygen atoms in total. The van der Waals surface area contributed by atoms with Crippen LogP contribution in [0.3, 0.4) is 0 Å². The van der Waals surface area contributed by atoms with Crippen LogP contribution in [-0.4, -0.2) is 18.1 Å². The molecule has 2 aliphatic rings. The fourth-order valence-electron chi connectivity index (χ4n) is 3.36. The Morgan fingerprint density at radius 3 is 2.58 bits per heavy atom. The van der Waals surface area contributed by atoms with Gasteiger partial charge in [-0.1, -0.05) is 30.7 Å². The van der Waals surface area contributed by atoms with Gasteiger partial charge in [-0.2, -0.15) is 0 Å². The molecule has 6 heteroatoms. The lowest BCUT2D eigenvalue weighted by Crippen LogP contribution is -2.45. The standard InChI is InChI=1S/C18H21ClN2O3/c1-10-4-3-5-14(10)24-17(22)15-11(2)20-18(23)21-16(15)12-6-8-13(19)9-7-12/h6-10,14,16H,3-5H2,1-2H3,(H2,20,21,23)/t10-,14-,16+/m1/s1. The summed E-state index contributed by atoms with van der Waals surface area (Å²) in [5, 5.41) is 6.06. The van der Waals surface area contributed by atoms with Crippen molar-refractivity contribution in [1.29, 1.82) is 0 Å². The topological polar surface area (TPSA) is 67.4 Å². The predicted molar refractivity (Wildman–Crippen MR) is 91.5 cm³/mol. The molecule has 1 fully saturated rings. The van der Waals surface area contributed by atoms with E-state index >= 15 is 0 Å². The van der Waals surface area contributed by atoms with E-state index < -0.39 is 6.04 Å². The zero-order chi connectivity index (χ0) is 17.3. The van der Waals surface area contributed by atoms with Crippen molar-refractivity contribution in [1.82, 2.24) is 10.6 Å². The van der Waals surface area contributed by atoms with Gasteiger partial charge in [0.2, 0.25) is 0 Å². The van der Waals surface area contributed by atoms with Gasteiger partial charge < -0.3 is 15.4 Å². The number of hydrogen-bond acceptors (Lipinski definition) is 3. The van der Waals surface area contributed by atoms with Crippen molar-refractivity contribution in [3.63, 3.8) is 0 Å². The van der Waals surface area contributed by atoms with Crippen LogP contribution in [0, 0.1) is 5.92 Å². The number of halogens is 1. The highest BCUT2D eigenvalue weighted by Crippen LogP contribution is 2.32. The van der Waals surface area contributed by atoms with Crippen LogP contribution in [-0.2, 0) is 9.53 Å². The summed E-state index contributed by atoms with van der Waals surface area (Å²) in [7, 11) is 0. The Bertz CT molecular complexity index is 684. The number of ether oxygens (including phenoxy) is 1. The fourth-order valence-corrected chi connectivity index (χ4v) is 3.48. The quantitative estimate of drug-likeness (QED) is 0.818. The normalized spacial score (nSPS) is 26.8. The summed E-state index contributed by atoms with van der Waals surface area (Å²) in [5.41, 5.74) is 1.75. The van der Waals surface area contributed by atoms with Crippen LogP contribution < -0.4 is 10.6 Å². The Morgan fingerprint density at radius 1 is 1.25 bits per heavy atom. The third kappa shape index (κ3) is 3.41. The maximum Gasteiger partial charge on any atom is 0.338 e. The van der Waals surface area contributed by atoms with E-state index in [1.54, 1.807) is 31.2 Å². The van der Waals surface area contributed by atoms with E-state index in [0.29, 0.717) is 22.2 Å². The SMILES string of the molecule is CC1=C(C(=O)O[C@@H]2CCC[C@H]2C)[C@H](c2ccc(Cl)cc2)NC(=O)N1. The van der Waals surface area contributed by atoms with E-state index in [-0.39, 0.29) is 18.1 Å². The van der Waals surface area contributed by atoms with E-state index in [2.05, 4.69) is 17.6 Å². The minimum Gasteiger partial charge on any atom is -0.459 e. The Labute approximate surface area is 146 Å². The van der Waals surface area contributed by atoms with Crippen molar-refractivity contribution in [2.75, 3.05) is 0 Å². The smallest absolute Gasteiger partial charge is 0.338 e. The van der Waals surface area contributed by atoms with Crippen LogP contribution in [0.15, 0.2) is 35.5 Å². The Morgan fingerprint density at radius 2 is 1.96 bits per heavy atom. The van der Waals surface area contributed by atoms with Crippen LogP contribution >= 0.6 is 11.6 Å². The van der Waals surface area contributed by atoms with Gasteiger partial charge in [-0.3, -0.25) is 0 Å². The van der Waals surface area contributed by atoms with Gasteiger partial charge in [-0.25, -0.2) is 9.59 Å². The summed E-state index contributed by atoms with van der Waals surface area (Å²) < 4.78 is 5.73. The summed E-state index contributed by atoms with van der Waals surface area (Å²) in [6, 6.07) is 6.21. The zero-order valence-corrected chi connectivity index (χ0v) is 14.5. The summed E-state index contributed by atoms with van der Waals surface area (Å²) in [5.74, 6) is -0.00585. The molecule has 0 bridgehead atoms. The van der Waals surface area contributed by atoms with Crippen molar-refractivity contribution >= 4 is 23.6 Å². The first-order valence-corrected chi connectivity index (χ1v) is 8.58. The molecule has 1 saturated carbocycles. The lowest BCUT2D eigenvalue weighted by molar-refractivity contribution is -0.146. The molecule has 0 saturated heterocycles. The van der Waals surface area contributed by atoms with Crippen LogP contribution in [0.25, 0.3) is 0 Å². The van der Waals surface area contributed by atoms with Gasteiger partial charge in [-0.15, -0.1) is 0 Å². The first-order valence-electron chi connectivity index (χ1n) is 8.20. The molecule has 2 N–H and O–H groups in total. The number of esters is 1. The Hall–Kier alpha value is -2.01. The van der Waals surface area contributed by atoms with Gasteiger partial charge in [0.05, 0.1) is 11.6 Å². The van der Waals surface area contributed by atoms with Gasteiger partial charge >= 0.3 is 12.0 Å². The molecule has 128 valence electrons. The minimum atomic E-state index is -0.541. The second-order valence-corrected chi connectivity index (χ2v) is 6.91. The number of carbonyl (C=O) groups is 2.